The molecule has 4 unspecified atom stereocenters. The van der Waals surface area contributed by atoms with Gasteiger partial charge >= 0.3 is 0 Å². The summed E-state index contributed by atoms with van der Waals surface area (Å²) < 4.78 is 18.7. The molecule has 2 aromatic carbocycles. The van der Waals surface area contributed by atoms with Gasteiger partial charge in [-0.2, -0.15) is 0 Å². The zero-order chi connectivity index (χ0) is 18.0. The van der Waals surface area contributed by atoms with Gasteiger partial charge in [-0.25, -0.2) is 4.39 Å². The van der Waals surface area contributed by atoms with Crippen LogP contribution in [0.1, 0.15) is 43.4 Å². The number of halogens is 1. The van der Waals surface area contributed by atoms with Gasteiger partial charge in [0.1, 0.15) is 11.6 Å². The lowest BCUT2D eigenvalue weighted by Gasteiger charge is -2.21. The molecule has 0 saturated heterocycles. The molecule has 4 atom stereocenters. The molecule has 1 heterocycles. The van der Waals surface area contributed by atoms with Crippen molar-refractivity contribution in [3.05, 3.63) is 65.5 Å². The average Bonchev–Trinajstić information content (AvgIpc) is 2.92. The number of aliphatic hydroxyl groups excluding tert-OH is 1. The first kappa shape index (κ1) is 17.4. The fourth-order valence-electron chi connectivity index (χ4n) is 3.19. The molecule has 3 rings (SSSR count). The van der Waals surface area contributed by atoms with Crippen LogP contribution in [0.2, 0.25) is 0 Å². The van der Waals surface area contributed by atoms with E-state index in [1.807, 2.05) is 38.1 Å². The second-order valence-electron chi connectivity index (χ2n) is 6.58. The third-order valence-corrected chi connectivity index (χ3v) is 4.60. The predicted octanol–water partition coefficient (Wildman–Crippen LogP) is 3.32. The van der Waals surface area contributed by atoms with E-state index >= 15 is 0 Å². The largest absolute Gasteiger partial charge is 0.480 e. The number of hydrogen-bond acceptors (Lipinski definition) is 3. The van der Waals surface area contributed by atoms with Gasteiger partial charge in [-0.3, -0.25) is 4.79 Å². The molecule has 1 aliphatic heterocycles. The molecule has 0 spiro atoms. The number of carbonyl (C=O) groups is 1. The van der Waals surface area contributed by atoms with Crippen LogP contribution in [0, 0.1) is 5.82 Å². The normalized spacial score (nSPS) is 21.1. The van der Waals surface area contributed by atoms with E-state index in [0.29, 0.717) is 12.0 Å². The van der Waals surface area contributed by atoms with Crippen LogP contribution in [-0.4, -0.2) is 23.2 Å². The number of benzene rings is 2. The number of ether oxygens (including phenoxy) is 1. The third kappa shape index (κ3) is 3.82. The number of hydrogen-bond donors (Lipinski definition) is 2. The monoisotopic (exact) mass is 343 g/mol. The number of fused-ring (bicyclic) bond motifs is 1. The zero-order valence-corrected chi connectivity index (χ0v) is 14.3. The van der Waals surface area contributed by atoms with E-state index in [-0.39, 0.29) is 23.7 Å². The van der Waals surface area contributed by atoms with Crippen LogP contribution in [0.25, 0.3) is 0 Å². The fourth-order valence-corrected chi connectivity index (χ4v) is 3.19. The molecule has 0 aromatic heterocycles. The zero-order valence-electron chi connectivity index (χ0n) is 14.3. The molecule has 25 heavy (non-hydrogen) atoms. The Kier molecular flexibility index (Phi) is 5.04. The number of rotatable bonds is 5. The summed E-state index contributed by atoms with van der Waals surface area (Å²) in [6, 6.07) is 13.1. The summed E-state index contributed by atoms with van der Waals surface area (Å²) in [6.07, 6.45) is -0.997. The highest BCUT2D eigenvalue weighted by Crippen LogP contribution is 2.37. The Morgan fingerprint density at radius 3 is 2.60 bits per heavy atom. The minimum Gasteiger partial charge on any atom is -0.480 e. The van der Waals surface area contributed by atoms with Crippen molar-refractivity contribution in [3.8, 4) is 5.75 Å². The molecular weight excluding hydrogens is 321 g/mol. The quantitative estimate of drug-likeness (QED) is 0.876. The first-order valence-corrected chi connectivity index (χ1v) is 8.45. The van der Waals surface area contributed by atoms with E-state index in [9.17, 15) is 14.3 Å². The summed E-state index contributed by atoms with van der Waals surface area (Å²) in [5.74, 6) is 0.186. The molecule has 2 N–H and O–H groups in total. The average molecular weight is 343 g/mol. The highest BCUT2D eigenvalue weighted by atomic mass is 19.1. The van der Waals surface area contributed by atoms with E-state index in [0.717, 1.165) is 11.3 Å². The molecule has 4 nitrogen and oxygen atoms in total. The van der Waals surface area contributed by atoms with Crippen LogP contribution in [0.15, 0.2) is 48.5 Å². The third-order valence-electron chi connectivity index (χ3n) is 4.60. The van der Waals surface area contributed by atoms with Crippen LogP contribution < -0.4 is 10.1 Å². The van der Waals surface area contributed by atoms with E-state index in [1.165, 1.54) is 12.1 Å². The van der Waals surface area contributed by atoms with Crippen molar-refractivity contribution in [3.63, 3.8) is 0 Å². The standard InChI is InChI=1S/C20H22FNO3/c1-12(11-17(23)14-7-9-15(21)10-8-14)22-20(24)19-13(2)16-5-3-4-6-18(16)25-19/h3-10,12-13,17,19,23H,11H2,1-2H3,(H,22,24). The Morgan fingerprint density at radius 2 is 1.92 bits per heavy atom. The van der Waals surface area contributed by atoms with E-state index in [2.05, 4.69) is 5.32 Å². The number of nitrogens with one attached hydrogen (secondary N) is 1. The van der Waals surface area contributed by atoms with E-state index in [4.69, 9.17) is 4.74 Å². The Morgan fingerprint density at radius 1 is 1.24 bits per heavy atom. The lowest BCUT2D eigenvalue weighted by Crippen LogP contribution is -2.43. The summed E-state index contributed by atoms with van der Waals surface area (Å²) in [7, 11) is 0. The lowest BCUT2D eigenvalue weighted by atomic mass is 9.96. The van der Waals surface area contributed by atoms with Crippen molar-refractivity contribution in [2.45, 2.75) is 44.4 Å². The van der Waals surface area contributed by atoms with Gasteiger partial charge in [0.25, 0.3) is 5.91 Å². The van der Waals surface area contributed by atoms with Gasteiger partial charge in [0.15, 0.2) is 6.10 Å². The maximum absolute atomic E-state index is 13.0. The molecule has 1 amide bonds. The van der Waals surface area contributed by atoms with Crippen LogP contribution in [0.5, 0.6) is 5.75 Å². The number of carbonyl (C=O) groups excluding carboxylic acids is 1. The summed E-state index contributed by atoms with van der Waals surface area (Å²) in [5.41, 5.74) is 1.65. The fraction of sp³-hybridized carbons (Fsp3) is 0.350. The molecule has 5 heteroatoms. The number of amides is 1. The highest BCUT2D eigenvalue weighted by Gasteiger charge is 2.36. The van der Waals surface area contributed by atoms with Crippen molar-refractivity contribution in [2.24, 2.45) is 0 Å². The van der Waals surface area contributed by atoms with Crippen molar-refractivity contribution in [1.29, 1.82) is 0 Å². The SMILES string of the molecule is CC(CC(O)c1ccc(F)cc1)NC(=O)C1Oc2ccccc2C1C. The van der Waals surface area contributed by atoms with E-state index < -0.39 is 12.2 Å². The van der Waals surface area contributed by atoms with E-state index in [1.54, 1.807) is 12.1 Å². The smallest absolute Gasteiger partial charge is 0.261 e. The van der Waals surface area contributed by atoms with Gasteiger partial charge < -0.3 is 15.2 Å². The van der Waals surface area contributed by atoms with Crippen LogP contribution in [-0.2, 0) is 4.79 Å². The molecule has 1 aliphatic rings. The van der Waals surface area contributed by atoms with Gasteiger partial charge in [0.05, 0.1) is 6.10 Å². The Bertz CT molecular complexity index is 747. The maximum Gasteiger partial charge on any atom is 0.261 e. The van der Waals surface area contributed by atoms with Crippen LogP contribution in [0.3, 0.4) is 0 Å². The first-order chi connectivity index (χ1) is 12.0. The molecule has 0 saturated carbocycles. The van der Waals surface area contributed by atoms with Crippen molar-refractivity contribution in [1.82, 2.24) is 5.32 Å². The molecule has 2 aromatic rings. The molecule has 0 aliphatic carbocycles. The summed E-state index contributed by atoms with van der Waals surface area (Å²) in [6.45, 7) is 3.80. The van der Waals surface area contributed by atoms with Crippen molar-refractivity contribution >= 4 is 5.91 Å². The number of aliphatic hydroxyl groups is 1. The van der Waals surface area contributed by atoms with Crippen molar-refractivity contribution < 1.29 is 19.0 Å². The molecule has 0 radical (unpaired) electrons. The predicted molar refractivity (Wildman–Crippen MR) is 92.9 cm³/mol. The van der Waals surface area contributed by atoms with Crippen LogP contribution in [0.4, 0.5) is 4.39 Å². The molecule has 0 bridgehead atoms. The molecule has 0 fully saturated rings. The van der Waals surface area contributed by atoms with Gasteiger partial charge in [-0.05, 0) is 37.1 Å². The molecule has 132 valence electrons. The second-order valence-corrected chi connectivity index (χ2v) is 6.58. The topological polar surface area (TPSA) is 58.6 Å². The lowest BCUT2D eigenvalue weighted by molar-refractivity contribution is -0.128. The van der Waals surface area contributed by atoms with Gasteiger partial charge in [-0.1, -0.05) is 37.3 Å². The minimum absolute atomic E-state index is 0.0228. The van der Waals surface area contributed by atoms with Gasteiger partial charge in [-0.15, -0.1) is 0 Å². The highest BCUT2D eigenvalue weighted by molar-refractivity contribution is 5.83. The van der Waals surface area contributed by atoms with Crippen LogP contribution >= 0.6 is 0 Å². The Labute approximate surface area is 146 Å². The second kappa shape index (κ2) is 7.23. The Hall–Kier alpha value is -2.40. The summed E-state index contributed by atoms with van der Waals surface area (Å²) in [5, 5.41) is 13.2. The van der Waals surface area contributed by atoms with Gasteiger partial charge in [0, 0.05) is 17.5 Å². The summed E-state index contributed by atoms with van der Waals surface area (Å²) >= 11 is 0. The number of para-hydroxylation sites is 1. The maximum atomic E-state index is 13.0. The summed E-state index contributed by atoms with van der Waals surface area (Å²) in [4.78, 5) is 12.5. The Balaban J connectivity index is 1.57. The molecular formula is C20H22FNO3. The van der Waals surface area contributed by atoms with Gasteiger partial charge in [0.2, 0.25) is 0 Å². The minimum atomic E-state index is -0.769. The van der Waals surface area contributed by atoms with Crippen molar-refractivity contribution in [2.75, 3.05) is 0 Å². The first-order valence-electron chi connectivity index (χ1n) is 8.45.